The van der Waals surface area contributed by atoms with E-state index >= 15 is 0 Å². The lowest BCUT2D eigenvalue weighted by atomic mass is 9.34. The monoisotopic (exact) mass is 1890 g/mol. The first-order valence-corrected chi connectivity index (χ1v) is 54.0. The fraction of sp³-hybridized carbons (Fsp3) is 0.229. The fourth-order valence-electron chi connectivity index (χ4n) is 31.7. The third-order valence-electron chi connectivity index (χ3n) is 36.2. The fourth-order valence-corrected chi connectivity index (χ4v) is 31.7. The van der Waals surface area contributed by atoms with E-state index in [9.17, 15) is 0 Å². The van der Waals surface area contributed by atoms with Crippen LogP contribution in [0.3, 0.4) is 0 Å². The van der Waals surface area contributed by atoms with Gasteiger partial charge >= 0.3 is 0 Å². The van der Waals surface area contributed by atoms with Crippen LogP contribution in [-0.2, 0) is 21.7 Å². The molecule has 3 aromatic heterocycles. The molecule has 0 amide bonds. The summed E-state index contributed by atoms with van der Waals surface area (Å²) in [5.41, 5.74) is 51.4. The molecule has 0 N–H and O–H groups in total. The lowest BCUT2D eigenvalue weighted by Gasteiger charge is -2.63. The molecule has 4 unspecified atom stereocenters. The standard InChI is InChI=1S/C70H63BN2.C70H65BN2/c1-44-32-46(3)67(47(4)33-44)71(68-48(5)34-45(2)35-49(68)6)56-27-31-66-62(38-56)61-37-53(22-30-65(61)72(66)57-14-8-7-9-15-57)52-20-23-54(24-21-52)69-39-50-36-51(40-69)42-70(41-50,43-69)55-25-28-58(29-26-55)73-63-18-12-10-16-59(63)60-17-11-13-19-64(60)73;1-46-34-48(3)67(49(4)35-46)71(68-50(5)36-47(2)37-51(68)6)58-29-33-66-64(40-58)63-39-55(24-32-65(63)73(66)61-20-14-9-15-21-61)54-22-25-56(26-23-54)69-41-52-38-53(42-69)44-70(43-52,45-69)57-27-30-62(31-28-57)72(59-16-10-7-11-17-59)60-18-12-8-13-19-60/h7-35,37-38,50-51H,36,39-43H2,1-6H3;7-37,39-40,52-53H,38,41-45H2,1-6H3. The predicted octanol–water partition coefficient (Wildman–Crippen LogP) is 31.8. The van der Waals surface area contributed by atoms with Gasteiger partial charge < -0.3 is 18.6 Å². The molecule has 8 aliphatic rings. The Kier molecular flexibility index (Phi) is 22.3. The summed E-state index contributed by atoms with van der Waals surface area (Å²) in [7, 11) is 0. The lowest BCUT2D eigenvalue weighted by Crippen LogP contribution is -2.55. The van der Waals surface area contributed by atoms with Gasteiger partial charge in [0, 0.05) is 66.4 Å². The Morgan fingerprint density at radius 2 is 0.452 bits per heavy atom. The van der Waals surface area contributed by atoms with Crippen molar-refractivity contribution in [3.8, 4) is 39.3 Å². The van der Waals surface area contributed by atoms with Crippen molar-refractivity contribution in [3.05, 3.63) is 477 Å². The van der Waals surface area contributed by atoms with Crippen LogP contribution < -0.4 is 37.7 Å². The number of aromatic nitrogens is 3. The Bertz CT molecular complexity index is 8390. The Balaban J connectivity index is 0.000000148. The molecular formula is C140H128B2N4. The van der Waals surface area contributed by atoms with E-state index in [1.165, 1.54) is 304 Å². The van der Waals surface area contributed by atoms with Gasteiger partial charge in [-0.2, -0.15) is 0 Å². The topological polar surface area (TPSA) is 18.0 Å². The van der Waals surface area contributed by atoms with Gasteiger partial charge in [-0.25, -0.2) is 0 Å². The van der Waals surface area contributed by atoms with Crippen LogP contribution in [0.25, 0.3) is 105 Å². The number of hydrogen-bond acceptors (Lipinski definition) is 1. The average molecular weight is 1890 g/mol. The van der Waals surface area contributed by atoms with E-state index in [0.717, 1.165) is 23.7 Å². The molecule has 21 aromatic rings. The summed E-state index contributed by atoms with van der Waals surface area (Å²) in [6.45, 7) is 27.6. The number of anilines is 3. The molecule has 0 spiro atoms. The van der Waals surface area contributed by atoms with Gasteiger partial charge in [0.1, 0.15) is 0 Å². The van der Waals surface area contributed by atoms with Crippen LogP contribution >= 0.6 is 0 Å². The van der Waals surface area contributed by atoms with Gasteiger partial charge in [0.2, 0.25) is 13.4 Å². The number of aryl methyl sites for hydroxylation is 12. The average Bonchev–Trinajstić information content (AvgIpc) is 1.25. The van der Waals surface area contributed by atoms with E-state index in [-0.39, 0.29) is 35.1 Å². The highest BCUT2D eigenvalue weighted by molar-refractivity contribution is 6.97. The van der Waals surface area contributed by atoms with Crippen LogP contribution in [0.15, 0.2) is 388 Å². The Hall–Kier alpha value is -14.7. The van der Waals surface area contributed by atoms with Crippen molar-refractivity contribution in [2.75, 3.05) is 4.90 Å². The highest BCUT2D eigenvalue weighted by Gasteiger charge is 2.60. The van der Waals surface area contributed by atoms with Crippen molar-refractivity contribution in [3.63, 3.8) is 0 Å². The molecule has 146 heavy (non-hydrogen) atoms. The molecule has 3 heterocycles. The molecule has 0 radical (unpaired) electrons. The summed E-state index contributed by atoms with van der Waals surface area (Å²) in [5, 5.41) is 7.82. The van der Waals surface area contributed by atoms with Crippen LogP contribution in [0.4, 0.5) is 17.1 Å². The maximum atomic E-state index is 2.53. The molecular weight excluding hydrogens is 1760 g/mol. The van der Waals surface area contributed by atoms with Gasteiger partial charge in [-0.05, 0) is 371 Å². The molecule has 714 valence electrons. The lowest BCUT2D eigenvalue weighted by molar-refractivity contribution is -0.0282. The Morgan fingerprint density at radius 1 is 0.212 bits per heavy atom. The number of rotatable bonds is 18. The summed E-state index contributed by atoms with van der Waals surface area (Å²) in [6, 6.07) is 149. The SMILES string of the molecule is Cc1cc(C)c(B(c2ccc3c(c2)c2cc(-c4ccc(C56CC7CC(C5)CC(c5ccc(-n8c9ccccc9c9ccccc98)cc5)(C7)C6)cc4)ccc2n3-c2ccccc2)c2c(C)cc(C)cc2C)c(C)c1.Cc1cc(C)c(B(c2ccc3c(c2)c2cc(-c4ccc(C56CC7CC(C5)CC(c5ccc(N(c8ccccc8)c8ccccc8)cc5)(C7)C6)cc4)ccc2n3-c2ccccc2)c2c(C)cc(C)cc2C)c(C)c1. The zero-order chi connectivity index (χ0) is 98.9. The normalized spacial score (nSPS) is 20.1. The zero-order valence-electron chi connectivity index (χ0n) is 86.7. The van der Waals surface area contributed by atoms with Gasteiger partial charge in [-0.3, -0.25) is 0 Å². The summed E-state index contributed by atoms with van der Waals surface area (Å²) >= 11 is 0. The maximum Gasteiger partial charge on any atom is 0.242 e. The minimum atomic E-state index is 0.101. The van der Waals surface area contributed by atoms with E-state index < -0.39 is 0 Å². The van der Waals surface area contributed by atoms with Crippen LogP contribution in [0, 0.1) is 107 Å². The number of fused-ring (bicyclic) bond motifs is 9. The van der Waals surface area contributed by atoms with E-state index in [0.29, 0.717) is 0 Å². The number of hydrogen-bond donors (Lipinski definition) is 0. The zero-order valence-corrected chi connectivity index (χ0v) is 86.7. The molecule has 8 aliphatic carbocycles. The molecule has 29 rings (SSSR count). The summed E-state index contributed by atoms with van der Waals surface area (Å²) in [6.07, 6.45) is 15.8. The Morgan fingerprint density at radius 3 is 0.767 bits per heavy atom. The molecule has 8 saturated carbocycles. The van der Waals surface area contributed by atoms with Crippen LogP contribution in [0.2, 0.25) is 0 Å². The summed E-state index contributed by atoms with van der Waals surface area (Å²) < 4.78 is 7.41. The van der Waals surface area contributed by atoms with Crippen LogP contribution in [0.1, 0.15) is 166 Å². The quantitative estimate of drug-likeness (QED) is 0.0783. The summed E-state index contributed by atoms with van der Waals surface area (Å²) in [4.78, 5) is 2.39. The first kappa shape index (κ1) is 91.2. The van der Waals surface area contributed by atoms with Crippen molar-refractivity contribution in [2.45, 2.75) is 182 Å². The molecule has 0 saturated heterocycles. The first-order valence-electron chi connectivity index (χ1n) is 54.0. The Labute approximate surface area is 863 Å². The number of benzene rings is 18. The predicted molar refractivity (Wildman–Crippen MR) is 622 cm³/mol. The summed E-state index contributed by atoms with van der Waals surface area (Å²) in [5.74, 6) is 3.11. The van der Waals surface area contributed by atoms with Gasteiger partial charge in [-0.15, -0.1) is 0 Å². The largest absolute Gasteiger partial charge is 0.311 e. The van der Waals surface area contributed by atoms with Crippen molar-refractivity contribution < 1.29 is 0 Å². The second kappa shape index (κ2) is 35.6. The van der Waals surface area contributed by atoms with Gasteiger partial charge in [0.25, 0.3) is 0 Å². The highest BCUT2D eigenvalue weighted by Crippen LogP contribution is 2.68. The highest BCUT2D eigenvalue weighted by atomic mass is 15.1. The maximum absolute atomic E-state index is 2.53. The third-order valence-corrected chi connectivity index (χ3v) is 36.2. The van der Waals surface area contributed by atoms with Gasteiger partial charge in [-0.1, -0.05) is 366 Å². The first-order chi connectivity index (χ1) is 71.1. The minimum absolute atomic E-state index is 0.101. The molecule has 4 atom stereocenters. The van der Waals surface area contributed by atoms with Crippen molar-refractivity contribution in [1.29, 1.82) is 0 Å². The molecule has 6 heteroatoms. The molecule has 0 aliphatic heterocycles. The number of para-hydroxylation sites is 6. The van der Waals surface area contributed by atoms with Crippen LogP contribution in [0.5, 0.6) is 0 Å². The minimum Gasteiger partial charge on any atom is -0.311 e. The smallest absolute Gasteiger partial charge is 0.242 e. The second-order valence-electron chi connectivity index (χ2n) is 46.1. The molecule has 18 aromatic carbocycles. The molecule has 8 fully saturated rings. The van der Waals surface area contributed by atoms with E-state index in [4.69, 9.17) is 0 Å². The van der Waals surface area contributed by atoms with Crippen molar-refractivity contribution >= 4 is 129 Å². The van der Waals surface area contributed by atoms with Crippen LogP contribution in [-0.4, -0.2) is 27.1 Å². The van der Waals surface area contributed by atoms with Gasteiger partial charge in [0.05, 0.1) is 33.1 Å². The molecule has 4 nitrogen and oxygen atoms in total. The number of nitrogens with zero attached hydrogens (tertiary/aromatic N) is 4. The van der Waals surface area contributed by atoms with E-state index in [2.05, 4.69) is 490 Å². The van der Waals surface area contributed by atoms with Crippen molar-refractivity contribution in [2.24, 2.45) is 23.7 Å². The second-order valence-corrected chi connectivity index (χ2v) is 46.1. The third kappa shape index (κ3) is 15.4. The van der Waals surface area contributed by atoms with E-state index in [1.807, 2.05) is 0 Å². The van der Waals surface area contributed by atoms with Gasteiger partial charge in [0.15, 0.2) is 0 Å². The van der Waals surface area contributed by atoms with E-state index in [1.54, 1.807) is 16.7 Å². The molecule has 8 bridgehead atoms. The van der Waals surface area contributed by atoms with Crippen molar-refractivity contribution in [1.82, 2.24) is 13.7 Å².